The molecule has 0 radical (unpaired) electrons. The van der Waals surface area contributed by atoms with Crippen LogP contribution in [0.4, 0.5) is 8.78 Å². The van der Waals surface area contributed by atoms with E-state index in [1.807, 2.05) is 32.2 Å². The second kappa shape index (κ2) is 14.8. The van der Waals surface area contributed by atoms with Crippen LogP contribution >= 0.6 is 0 Å². The minimum absolute atomic E-state index is 0.0305. The van der Waals surface area contributed by atoms with Gasteiger partial charge in [0.15, 0.2) is 0 Å². The Kier molecular flexibility index (Phi) is 10.7. The van der Waals surface area contributed by atoms with E-state index in [0.29, 0.717) is 39.6 Å². The third-order valence-corrected chi connectivity index (χ3v) is 10.1. The summed E-state index contributed by atoms with van der Waals surface area (Å²) in [5.74, 6) is 1.78. The molecule has 1 aromatic heterocycles. The number of aromatic nitrogens is 2. The number of nitrogens with zero attached hydrogens (tertiary/aromatic N) is 3. The SMILES string of the molecule is C=C1C=NC(C)=C(C=C(C(C)=N)c2cnn(C(F)F)c2)C1CC1CCC(c2cc(C)c(C)c(-c3ccc(OCC)c(C)c3)c(=N)c2)CC1. The van der Waals surface area contributed by atoms with Crippen LogP contribution in [0.25, 0.3) is 16.7 Å². The van der Waals surface area contributed by atoms with E-state index in [2.05, 4.69) is 61.7 Å². The van der Waals surface area contributed by atoms with E-state index in [1.165, 1.54) is 23.5 Å². The summed E-state index contributed by atoms with van der Waals surface area (Å²) in [5.41, 5.74) is 10.7. The summed E-state index contributed by atoms with van der Waals surface area (Å²) >= 11 is 0. The average molecular weight is 652 g/mol. The van der Waals surface area contributed by atoms with Crippen LogP contribution in [0.15, 0.2) is 77.2 Å². The Labute approximate surface area is 283 Å². The molecular weight excluding hydrogens is 604 g/mol. The van der Waals surface area contributed by atoms with Gasteiger partial charge in [-0.15, -0.1) is 0 Å². The predicted octanol–water partition coefficient (Wildman–Crippen LogP) is 10.1. The molecule has 0 saturated heterocycles. The number of aryl methyl sites for hydroxylation is 2. The third kappa shape index (κ3) is 7.48. The zero-order valence-electron chi connectivity index (χ0n) is 29.0. The Morgan fingerprint density at radius 2 is 1.81 bits per heavy atom. The Morgan fingerprint density at radius 1 is 1.08 bits per heavy atom. The molecule has 2 heterocycles. The predicted molar refractivity (Wildman–Crippen MR) is 191 cm³/mol. The van der Waals surface area contributed by atoms with Crippen molar-refractivity contribution in [2.45, 2.75) is 86.1 Å². The molecule has 6 nitrogen and oxygen atoms in total. The number of rotatable bonds is 10. The minimum atomic E-state index is -2.74. The number of ether oxygens (including phenoxy) is 1. The van der Waals surface area contributed by atoms with Gasteiger partial charge in [-0.05, 0) is 149 Å². The van der Waals surface area contributed by atoms with Gasteiger partial charge in [-0.25, -0.2) is 4.68 Å². The number of hydrogen-bond acceptors (Lipinski definition) is 5. The topological polar surface area (TPSA) is 87.1 Å². The monoisotopic (exact) mass is 651 g/mol. The van der Waals surface area contributed by atoms with E-state index in [9.17, 15) is 8.78 Å². The number of alkyl halides is 2. The molecule has 3 aromatic rings. The maximum absolute atomic E-state index is 13.3. The fraction of sp³-hybridized carbons (Fsp3) is 0.400. The van der Waals surface area contributed by atoms with Gasteiger partial charge in [-0.3, -0.25) is 4.99 Å². The molecule has 1 fully saturated rings. The molecule has 252 valence electrons. The van der Waals surface area contributed by atoms with Crippen molar-refractivity contribution in [1.29, 1.82) is 10.8 Å². The lowest BCUT2D eigenvalue weighted by atomic mass is 9.72. The average Bonchev–Trinajstić information content (AvgIpc) is 3.50. The fourth-order valence-corrected chi connectivity index (χ4v) is 7.26. The normalized spacial score (nSPS) is 20.1. The van der Waals surface area contributed by atoms with Gasteiger partial charge in [0.2, 0.25) is 0 Å². The van der Waals surface area contributed by atoms with E-state index in [-0.39, 0.29) is 11.6 Å². The lowest BCUT2D eigenvalue weighted by molar-refractivity contribution is 0.0566. The quantitative estimate of drug-likeness (QED) is 0.214. The summed E-state index contributed by atoms with van der Waals surface area (Å²) in [7, 11) is 0. The first-order valence-corrected chi connectivity index (χ1v) is 16.8. The molecule has 5 rings (SSSR count). The Hall–Kier alpha value is -4.46. The maximum Gasteiger partial charge on any atom is 0.333 e. The number of aliphatic imine (C=N–C) groups is 1. The van der Waals surface area contributed by atoms with Crippen LogP contribution in [0.2, 0.25) is 0 Å². The van der Waals surface area contributed by atoms with Crippen molar-refractivity contribution in [1.82, 2.24) is 9.78 Å². The summed E-state index contributed by atoms with van der Waals surface area (Å²) in [6.07, 6.45) is 11.6. The number of benzene rings is 1. The molecule has 0 bridgehead atoms. The van der Waals surface area contributed by atoms with Crippen molar-refractivity contribution >= 4 is 17.5 Å². The van der Waals surface area contributed by atoms with Crippen molar-refractivity contribution in [2.24, 2.45) is 16.8 Å². The van der Waals surface area contributed by atoms with Crippen molar-refractivity contribution in [3.05, 3.63) is 105 Å². The van der Waals surface area contributed by atoms with Gasteiger partial charge in [0, 0.05) is 46.4 Å². The standard InChI is InChI=1S/C40H47F2N5O/c1-8-48-38-14-13-31(16-24(38)3)39-26(5)23(2)15-32(18-37(39)44)30-11-9-29(10-12-30)17-34-25(4)20-45-28(7)36(34)19-35(27(6)43)33-21-46-47(22-33)40(41)42/h13-16,18-22,29-30,34,40,43-44H,4,8-12,17H2,1-3,5-7H3. The summed E-state index contributed by atoms with van der Waals surface area (Å²) in [6, 6.07) is 10.6. The molecule has 1 unspecified atom stereocenters. The molecule has 2 aromatic carbocycles. The van der Waals surface area contributed by atoms with E-state index in [1.54, 1.807) is 6.92 Å². The van der Waals surface area contributed by atoms with Crippen LogP contribution in [0, 0.1) is 43.4 Å². The molecule has 48 heavy (non-hydrogen) atoms. The van der Waals surface area contributed by atoms with Crippen LogP contribution in [-0.4, -0.2) is 28.3 Å². The van der Waals surface area contributed by atoms with Gasteiger partial charge in [0.1, 0.15) is 5.75 Å². The Morgan fingerprint density at radius 3 is 2.44 bits per heavy atom. The van der Waals surface area contributed by atoms with Crippen LogP contribution < -0.4 is 10.1 Å². The second-order valence-corrected chi connectivity index (χ2v) is 13.3. The number of allylic oxidation sites excluding steroid dienone is 5. The number of halogens is 2. The zero-order chi connectivity index (χ0) is 34.7. The molecule has 0 spiro atoms. The minimum Gasteiger partial charge on any atom is -0.494 e. The molecule has 2 aliphatic rings. The molecule has 1 aliphatic heterocycles. The highest BCUT2D eigenvalue weighted by Gasteiger charge is 2.29. The summed E-state index contributed by atoms with van der Waals surface area (Å²) in [5, 5.41) is 21.9. The van der Waals surface area contributed by atoms with Gasteiger partial charge >= 0.3 is 6.55 Å². The van der Waals surface area contributed by atoms with Gasteiger partial charge in [0.25, 0.3) is 0 Å². The molecule has 1 aliphatic carbocycles. The van der Waals surface area contributed by atoms with E-state index >= 15 is 0 Å². The van der Waals surface area contributed by atoms with Crippen LogP contribution in [0.5, 0.6) is 5.75 Å². The molecular formula is C40H47F2N5O. The fourth-order valence-electron chi connectivity index (χ4n) is 7.26. The van der Waals surface area contributed by atoms with Crippen molar-refractivity contribution < 1.29 is 13.5 Å². The number of nitrogens with one attached hydrogen (secondary N) is 2. The lowest BCUT2D eigenvalue weighted by Gasteiger charge is -2.33. The highest BCUT2D eigenvalue weighted by molar-refractivity contribution is 6.21. The molecule has 0 amide bonds. The first-order valence-electron chi connectivity index (χ1n) is 16.8. The Bertz CT molecular complexity index is 1870. The molecule has 1 saturated carbocycles. The van der Waals surface area contributed by atoms with Gasteiger partial charge < -0.3 is 15.6 Å². The first kappa shape index (κ1) is 34.9. The van der Waals surface area contributed by atoms with Crippen LogP contribution in [-0.2, 0) is 0 Å². The lowest BCUT2D eigenvalue weighted by Crippen LogP contribution is -2.21. The van der Waals surface area contributed by atoms with E-state index in [0.717, 1.165) is 77.0 Å². The smallest absolute Gasteiger partial charge is 0.333 e. The Balaban J connectivity index is 1.35. The number of hydrogen-bond donors (Lipinski definition) is 2. The van der Waals surface area contributed by atoms with E-state index < -0.39 is 6.55 Å². The second-order valence-electron chi connectivity index (χ2n) is 13.3. The largest absolute Gasteiger partial charge is 0.494 e. The molecule has 2 N–H and O–H groups in total. The highest BCUT2D eigenvalue weighted by Crippen LogP contribution is 2.42. The van der Waals surface area contributed by atoms with Crippen molar-refractivity contribution in [3.63, 3.8) is 0 Å². The summed E-state index contributed by atoms with van der Waals surface area (Å²) < 4.78 is 32.9. The van der Waals surface area contributed by atoms with Crippen molar-refractivity contribution in [3.8, 4) is 16.9 Å². The highest BCUT2D eigenvalue weighted by atomic mass is 19.3. The zero-order valence-corrected chi connectivity index (χ0v) is 29.0. The molecule has 8 heteroatoms. The van der Waals surface area contributed by atoms with E-state index in [4.69, 9.17) is 15.6 Å². The summed E-state index contributed by atoms with van der Waals surface area (Å²) in [4.78, 5) is 4.58. The maximum atomic E-state index is 13.3. The third-order valence-electron chi connectivity index (χ3n) is 10.1. The van der Waals surface area contributed by atoms with Crippen LogP contribution in [0.1, 0.15) is 93.2 Å². The first-order chi connectivity index (χ1) is 22.9. The molecule has 1 atom stereocenters. The van der Waals surface area contributed by atoms with Crippen LogP contribution in [0.3, 0.4) is 0 Å². The van der Waals surface area contributed by atoms with Gasteiger partial charge in [0.05, 0.1) is 18.2 Å². The van der Waals surface area contributed by atoms with Gasteiger partial charge in [-0.1, -0.05) is 18.7 Å². The summed E-state index contributed by atoms with van der Waals surface area (Å²) in [6.45, 7) is 14.1. The van der Waals surface area contributed by atoms with Gasteiger partial charge in [-0.2, -0.15) is 13.9 Å². The van der Waals surface area contributed by atoms with Crippen molar-refractivity contribution in [2.75, 3.05) is 6.61 Å².